The molecular weight excluding hydrogens is 341 g/mol. The summed E-state index contributed by atoms with van der Waals surface area (Å²) in [5, 5.41) is 9.04. The third-order valence-electron chi connectivity index (χ3n) is 3.33. The van der Waals surface area contributed by atoms with Crippen LogP contribution in [0.2, 0.25) is 5.02 Å². The minimum atomic E-state index is -0.568. The van der Waals surface area contributed by atoms with Gasteiger partial charge in [-0.05, 0) is 31.0 Å². The lowest BCUT2D eigenvalue weighted by atomic mass is 9.93. The van der Waals surface area contributed by atoms with Gasteiger partial charge in [-0.25, -0.2) is 14.9 Å². The summed E-state index contributed by atoms with van der Waals surface area (Å²) < 4.78 is 14.9. The number of Topliss-reactive ketones (excluding diaryl/α,β-unsaturated/α-hetero) is 1. The third kappa shape index (κ3) is 5.76. The van der Waals surface area contributed by atoms with E-state index in [4.69, 9.17) is 16.8 Å². The average molecular weight is 362 g/mol. The number of halogens is 2. The number of aliphatic imine (C=N–C) groups is 1. The van der Waals surface area contributed by atoms with Gasteiger partial charge in [-0.3, -0.25) is 14.3 Å². The molecule has 23 heavy (non-hydrogen) atoms. The third-order valence-corrected chi connectivity index (χ3v) is 4.02. The van der Waals surface area contributed by atoms with Gasteiger partial charge in [0, 0.05) is 19.0 Å². The Labute approximate surface area is 146 Å². The van der Waals surface area contributed by atoms with Crippen LogP contribution in [0, 0.1) is 11.7 Å². The van der Waals surface area contributed by atoms with E-state index in [0.29, 0.717) is 25.9 Å². The van der Waals surface area contributed by atoms with Crippen LogP contribution in [0.25, 0.3) is 0 Å². The molecule has 0 atom stereocenters. The summed E-state index contributed by atoms with van der Waals surface area (Å²) in [5.41, 5.74) is 2.11. The zero-order valence-corrected chi connectivity index (χ0v) is 14.7. The summed E-state index contributed by atoms with van der Waals surface area (Å²) in [7, 11) is 0. The van der Waals surface area contributed by atoms with Crippen LogP contribution in [-0.4, -0.2) is 34.2 Å². The first-order chi connectivity index (χ1) is 11.0. The van der Waals surface area contributed by atoms with Crippen molar-refractivity contribution in [2.24, 2.45) is 10.9 Å². The average Bonchev–Trinajstić information content (AvgIpc) is 2.57. The van der Waals surface area contributed by atoms with Crippen molar-refractivity contribution in [3.63, 3.8) is 0 Å². The predicted octanol–water partition coefficient (Wildman–Crippen LogP) is 3.64. The van der Waals surface area contributed by atoms with E-state index in [0.717, 1.165) is 6.07 Å². The summed E-state index contributed by atoms with van der Waals surface area (Å²) in [5.74, 6) is -1.24. The van der Waals surface area contributed by atoms with Crippen LogP contribution >= 0.6 is 24.4 Å². The Morgan fingerprint density at radius 3 is 2.57 bits per heavy atom. The Hall–Kier alpha value is -1.15. The monoisotopic (exact) mass is 361 g/mol. The van der Waals surface area contributed by atoms with Gasteiger partial charge in [0.25, 0.3) is 0 Å². The quantitative estimate of drug-likeness (QED) is 0.333. The first kappa shape index (κ1) is 19.9. The van der Waals surface area contributed by atoms with E-state index < -0.39 is 5.82 Å². The SMILES string of the molecule is CC.O=C(C(=Nc1ccc(F)c(Cl)c1)NO)C1CCN(S)CC1. The maximum absolute atomic E-state index is 13.1. The number of nitrogens with one attached hydrogen (secondary N) is 1. The van der Waals surface area contributed by atoms with Crippen molar-refractivity contribution in [1.29, 1.82) is 0 Å². The summed E-state index contributed by atoms with van der Waals surface area (Å²) in [6.45, 7) is 5.39. The largest absolute Gasteiger partial charge is 0.290 e. The highest BCUT2D eigenvalue weighted by Gasteiger charge is 2.27. The molecule has 2 N–H and O–H groups in total. The summed E-state index contributed by atoms with van der Waals surface area (Å²) in [4.78, 5) is 16.3. The summed E-state index contributed by atoms with van der Waals surface area (Å²) in [6.07, 6.45) is 1.29. The van der Waals surface area contributed by atoms with Gasteiger partial charge in [0.1, 0.15) is 5.82 Å². The van der Waals surface area contributed by atoms with Crippen molar-refractivity contribution < 1.29 is 14.4 Å². The van der Waals surface area contributed by atoms with Crippen molar-refractivity contribution in [2.75, 3.05) is 13.1 Å². The van der Waals surface area contributed by atoms with E-state index in [1.165, 1.54) is 12.1 Å². The maximum Gasteiger partial charge on any atom is 0.203 e. The zero-order chi connectivity index (χ0) is 17.4. The molecule has 1 aromatic rings. The fourth-order valence-corrected chi connectivity index (χ4v) is 2.55. The molecule has 0 spiro atoms. The van der Waals surface area contributed by atoms with Crippen LogP contribution in [0.15, 0.2) is 23.2 Å². The normalized spacial score (nSPS) is 16.5. The van der Waals surface area contributed by atoms with Gasteiger partial charge in [0.15, 0.2) is 5.84 Å². The van der Waals surface area contributed by atoms with Crippen LogP contribution in [0.3, 0.4) is 0 Å². The molecule has 1 aromatic carbocycles. The van der Waals surface area contributed by atoms with Crippen LogP contribution < -0.4 is 5.48 Å². The van der Waals surface area contributed by atoms with Crippen LogP contribution in [0.4, 0.5) is 10.1 Å². The number of ketones is 1. The van der Waals surface area contributed by atoms with E-state index in [9.17, 15) is 9.18 Å². The smallest absolute Gasteiger partial charge is 0.203 e. The second-order valence-corrected chi connectivity index (χ2v) is 5.74. The molecule has 2 rings (SSSR count). The van der Waals surface area contributed by atoms with E-state index in [2.05, 4.69) is 17.8 Å². The van der Waals surface area contributed by atoms with Crippen molar-refractivity contribution in [1.82, 2.24) is 9.79 Å². The molecular formula is C15H21ClFN3O2S. The fourth-order valence-electron chi connectivity index (χ4n) is 2.14. The predicted molar refractivity (Wildman–Crippen MR) is 93.1 cm³/mol. The molecule has 0 aromatic heterocycles. The molecule has 1 saturated heterocycles. The number of thiol groups is 1. The lowest BCUT2D eigenvalue weighted by Crippen LogP contribution is -2.38. The van der Waals surface area contributed by atoms with Crippen molar-refractivity contribution in [3.8, 4) is 0 Å². The first-order valence-corrected chi connectivity index (χ1v) is 8.21. The van der Waals surface area contributed by atoms with Crippen molar-refractivity contribution >= 4 is 41.7 Å². The van der Waals surface area contributed by atoms with Gasteiger partial charge >= 0.3 is 0 Å². The second kappa shape index (κ2) is 9.87. The standard InChI is InChI=1S/C13H15ClFN3O2S.C2H6/c14-10-7-9(1-2-11(10)15)16-13(17-20)12(19)8-3-5-18(21)6-4-8;1-2/h1-2,7-8,20-21H,3-6H2,(H,16,17);1-2H3. The van der Waals surface area contributed by atoms with Crippen LogP contribution in [0.1, 0.15) is 26.7 Å². The van der Waals surface area contributed by atoms with E-state index in [-0.39, 0.29) is 28.2 Å². The fraction of sp³-hybridized carbons (Fsp3) is 0.467. The van der Waals surface area contributed by atoms with E-state index in [1.807, 2.05) is 23.6 Å². The van der Waals surface area contributed by atoms with Crippen LogP contribution in [0.5, 0.6) is 0 Å². The van der Waals surface area contributed by atoms with Gasteiger partial charge in [0.2, 0.25) is 5.78 Å². The molecule has 1 heterocycles. The molecule has 0 amide bonds. The van der Waals surface area contributed by atoms with Gasteiger partial charge in [0.05, 0.1) is 10.7 Å². The Morgan fingerprint density at radius 2 is 2.04 bits per heavy atom. The maximum atomic E-state index is 13.1. The van der Waals surface area contributed by atoms with Gasteiger partial charge in [-0.1, -0.05) is 38.3 Å². The summed E-state index contributed by atoms with van der Waals surface area (Å²) in [6, 6.07) is 3.82. The minimum Gasteiger partial charge on any atom is -0.290 e. The van der Waals surface area contributed by atoms with Gasteiger partial charge in [-0.2, -0.15) is 0 Å². The molecule has 0 unspecified atom stereocenters. The lowest BCUT2D eigenvalue weighted by Gasteiger charge is -2.26. The number of hydrogen-bond acceptors (Lipinski definition) is 5. The number of rotatable bonds is 3. The highest BCUT2D eigenvalue weighted by Crippen LogP contribution is 2.23. The number of nitrogens with zero attached hydrogens (tertiary/aromatic N) is 2. The number of amidine groups is 1. The molecule has 5 nitrogen and oxygen atoms in total. The molecule has 0 saturated carbocycles. The Kier molecular flexibility index (Phi) is 8.54. The van der Waals surface area contributed by atoms with Gasteiger partial charge < -0.3 is 0 Å². The van der Waals surface area contributed by atoms with E-state index >= 15 is 0 Å². The molecule has 1 aliphatic heterocycles. The molecule has 0 bridgehead atoms. The topological polar surface area (TPSA) is 64.9 Å². The molecule has 128 valence electrons. The molecule has 0 aliphatic carbocycles. The van der Waals surface area contributed by atoms with Crippen molar-refractivity contribution in [2.45, 2.75) is 26.7 Å². The Bertz CT molecular complexity index is 564. The lowest BCUT2D eigenvalue weighted by molar-refractivity contribution is -0.118. The number of hydroxylamine groups is 1. The highest BCUT2D eigenvalue weighted by molar-refractivity contribution is 7.77. The van der Waals surface area contributed by atoms with Crippen molar-refractivity contribution in [3.05, 3.63) is 29.0 Å². The molecule has 8 heteroatoms. The Morgan fingerprint density at radius 1 is 1.43 bits per heavy atom. The number of hydrogen-bond donors (Lipinski definition) is 3. The molecule has 1 fully saturated rings. The number of piperidine rings is 1. The molecule has 1 aliphatic rings. The molecule has 0 radical (unpaired) electrons. The number of benzene rings is 1. The first-order valence-electron chi connectivity index (χ1n) is 7.43. The number of carbonyl (C=O) groups is 1. The van der Waals surface area contributed by atoms with E-state index in [1.54, 1.807) is 0 Å². The minimum absolute atomic E-state index is 0.0932. The summed E-state index contributed by atoms with van der Waals surface area (Å²) >= 11 is 9.88. The van der Waals surface area contributed by atoms with Crippen LogP contribution in [-0.2, 0) is 4.79 Å². The Balaban J connectivity index is 0.00000127. The van der Waals surface area contributed by atoms with Gasteiger partial charge in [-0.15, -0.1) is 0 Å². The zero-order valence-electron chi connectivity index (χ0n) is 13.1. The number of carbonyl (C=O) groups excluding carboxylic acids is 1. The second-order valence-electron chi connectivity index (χ2n) is 4.76. The highest BCUT2D eigenvalue weighted by atomic mass is 35.5.